The second kappa shape index (κ2) is 9.15. The van der Waals surface area contributed by atoms with Gasteiger partial charge in [0.15, 0.2) is 18.1 Å². The van der Waals surface area contributed by atoms with E-state index in [1.165, 1.54) is 12.1 Å². The number of fused-ring (bicyclic) bond motifs is 1. The molecule has 0 aromatic heterocycles. The maximum atomic E-state index is 12.2. The second-order valence-electron chi connectivity index (χ2n) is 6.52. The highest BCUT2D eigenvalue weighted by atomic mass is 32.2. The number of hydrogen-bond donors (Lipinski definition) is 2. The van der Waals surface area contributed by atoms with Gasteiger partial charge in [0, 0.05) is 18.3 Å². The number of hydrogen-bond acceptors (Lipinski definition) is 6. The van der Waals surface area contributed by atoms with Gasteiger partial charge in [-0.1, -0.05) is 6.92 Å². The highest BCUT2D eigenvalue weighted by Crippen LogP contribution is 2.32. The van der Waals surface area contributed by atoms with Crippen molar-refractivity contribution in [2.75, 3.05) is 31.7 Å². The van der Waals surface area contributed by atoms with Crippen molar-refractivity contribution in [1.29, 1.82) is 0 Å². The number of anilines is 1. The van der Waals surface area contributed by atoms with Crippen LogP contribution in [0.1, 0.15) is 18.9 Å². The molecule has 0 unspecified atom stereocenters. The van der Waals surface area contributed by atoms with Gasteiger partial charge in [-0.05, 0) is 49.2 Å². The third kappa shape index (κ3) is 5.39. The molecule has 9 heteroatoms. The first-order valence-corrected chi connectivity index (χ1v) is 10.8. The van der Waals surface area contributed by atoms with Crippen LogP contribution in [0.3, 0.4) is 0 Å². The molecule has 1 aliphatic rings. The van der Waals surface area contributed by atoms with Crippen LogP contribution in [-0.2, 0) is 14.8 Å². The Morgan fingerprint density at radius 3 is 2.59 bits per heavy atom. The summed E-state index contributed by atoms with van der Waals surface area (Å²) in [5.74, 6) is 1.32. The fourth-order valence-electron chi connectivity index (χ4n) is 2.73. The number of carbonyl (C=O) groups is 1. The van der Waals surface area contributed by atoms with Crippen molar-refractivity contribution in [2.45, 2.75) is 25.2 Å². The second-order valence-corrected chi connectivity index (χ2v) is 8.29. The molecular weight excluding hydrogens is 396 g/mol. The molecular formula is C20H24N2O6S. The van der Waals surface area contributed by atoms with Crippen LogP contribution in [0.5, 0.6) is 17.2 Å². The molecule has 1 heterocycles. The number of rotatable bonds is 8. The normalized spacial score (nSPS) is 13.0. The van der Waals surface area contributed by atoms with E-state index in [0.717, 1.165) is 0 Å². The molecule has 2 N–H and O–H groups in total. The topological polar surface area (TPSA) is 103 Å². The van der Waals surface area contributed by atoms with Crippen LogP contribution in [0, 0.1) is 6.92 Å². The first-order chi connectivity index (χ1) is 13.9. The summed E-state index contributed by atoms with van der Waals surface area (Å²) >= 11 is 0. The van der Waals surface area contributed by atoms with E-state index in [0.29, 0.717) is 54.7 Å². The number of benzene rings is 2. The van der Waals surface area contributed by atoms with Gasteiger partial charge in [-0.15, -0.1) is 0 Å². The first kappa shape index (κ1) is 20.9. The van der Waals surface area contributed by atoms with Crippen LogP contribution < -0.4 is 24.2 Å². The largest absolute Gasteiger partial charge is 0.486 e. The minimum atomic E-state index is -3.55. The number of sulfonamides is 1. The van der Waals surface area contributed by atoms with Crippen molar-refractivity contribution in [3.63, 3.8) is 0 Å². The molecule has 2 aromatic carbocycles. The standard InChI is InChI=1S/C20H24N2O6S/c1-3-8-21-29(24,25)16-5-7-17(14(2)11-16)28-13-20(23)22-15-4-6-18-19(12-15)27-10-9-26-18/h4-7,11-12,21H,3,8-10,13H2,1-2H3,(H,22,23). The Bertz CT molecular complexity index is 990. The van der Waals surface area contributed by atoms with Gasteiger partial charge in [0.1, 0.15) is 19.0 Å². The minimum absolute atomic E-state index is 0.163. The van der Waals surface area contributed by atoms with Crippen molar-refractivity contribution >= 4 is 21.6 Å². The predicted molar refractivity (Wildman–Crippen MR) is 108 cm³/mol. The highest BCUT2D eigenvalue weighted by Gasteiger charge is 2.16. The summed E-state index contributed by atoms with van der Waals surface area (Å²) in [5.41, 5.74) is 1.19. The van der Waals surface area contributed by atoms with Gasteiger partial charge in [-0.3, -0.25) is 4.79 Å². The van der Waals surface area contributed by atoms with E-state index in [9.17, 15) is 13.2 Å². The van der Waals surface area contributed by atoms with Gasteiger partial charge in [-0.25, -0.2) is 13.1 Å². The van der Waals surface area contributed by atoms with Gasteiger partial charge < -0.3 is 19.5 Å². The zero-order chi connectivity index (χ0) is 20.9. The van der Waals surface area contributed by atoms with E-state index in [2.05, 4.69) is 10.0 Å². The molecule has 0 radical (unpaired) electrons. The zero-order valence-electron chi connectivity index (χ0n) is 16.4. The third-order valence-electron chi connectivity index (χ3n) is 4.18. The van der Waals surface area contributed by atoms with Crippen LogP contribution in [0.2, 0.25) is 0 Å². The molecule has 2 aromatic rings. The highest BCUT2D eigenvalue weighted by molar-refractivity contribution is 7.89. The van der Waals surface area contributed by atoms with E-state index < -0.39 is 10.0 Å². The Morgan fingerprint density at radius 2 is 1.86 bits per heavy atom. The monoisotopic (exact) mass is 420 g/mol. The summed E-state index contributed by atoms with van der Waals surface area (Å²) in [6.45, 7) is 4.75. The molecule has 0 saturated heterocycles. The molecule has 156 valence electrons. The number of carbonyl (C=O) groups excluding carboxylic acids is 1. The van der Waals surface area contributed by atoms with Crippen molar-refractivity contribution in [2.24, 2.45) is 0 Å². The molecule has 0 aliphatic carbocycles. The first-order valence-electron chi connectivity index (χ1n) is 9.31. The molecule has 3 rings (SSSR count). The lowest BCUT2D eigenvalue weighted by Crippen LogP contribution is -2.24. The predicted octanol–water partition coefficient (Wildman–Crippen LogP) is 2.47. The van der Waals surface area contributed by atoms with Gasteiger partial charge in [0.2, 0.25) is 10.0 Å². The summed E-state index contributed by atoms with van der Waals surface area (Å²) in [6, 6.07) is 9.68. The van der Waals surface area contributed by atoms with Crippen LogP contribution >= 0.6 is 0 Å². The molecule has 8 nitrogen and oxygen atoms in total. The molecule has 1 amide bonds. The lowest BCUT2D eigenvalue weighted by Gasteiger charge is -2.19. The Kier molecular flexibility index (Phi) is 6.60. The van der Waals surface area contributed by atoms with Crippen molar-refractivity contribution in [1.82, 2.24) is 4.72 Å². The lowest BCUT2D eigenvalue weighted by atomic mass is 10.2. The van der Waals surface area contributed by atoms with E-state index >= 15 is 0 Å². The molecule has 1 aliphatic heterocycles. The van der Waals surface area contributed by atoms with E-state index in [1.807, 2.05) is 6.92 Å². The summed E-state index contributed by atoms with van der Waals surface area (Å²) in [5, 5.41) is 2.74. The maximum Gasteiger partial charge on any atom is 0.262 e. The summed E-state index contributed by atoms with van der Waals surface area (Å²) in [6.07, 6.45) is 0.706. The molecule has 0 atom stereocenters. The smallest absolute Gasteiger partial charge is 0.262 e. The van der Waals surface area contributed by atoms with Crippen molar-refractivity contribution in [3.8, 4) is 17.2 Å². The van der Waals surface area contributed by atoms with E-state index in [-0.39, 0.29) is 17.4 Å². The fourth-order valence-corrected chi connectivity index (χ4v) is 3.95. The Balaban J connectivity index is 1.59. The summed E-state index contributed by atoms with van der Waals surface area (Å²) < 4.78 is 43.4. The quantitative estimate of drug-likeness (QED) is 0.680. The Morgan fingerprint density at radius 1 is 1.10 bits per heavy atom. The average Bonchev–Trinajstić information content (AvgIpc) is 2.71. The molecule has 0 saturated carbocycles. The Labute approximate surface area is 170 Å². The molecule has 29 heavy (non-hydrogen) atoms. The number of aryl methyl sites for hydroxylation is 1. The third-order valence-corrected chi connectivity index (χ3v) is 5.64. The molecule has 0 spiro atoms. The SMILES string of the molecule is CCCNS(=O)(=O)c1ccc(OCC(=O)Nc2ccc3c(c2)OCCO3)c(C)c1. The van der Waals surface area contributed by atoms with Gasteiger partial charge in [-0.2, -0.15) is 0 Å². The van der Waals surface area contributed by atoms with Gasteiger partial charge in [0.25, 0.3) is 5.91 Å². The maximum absolute atomic E-state index is 12.2. The van der Waals surface area contributed by atoms with Gasteiger partial charge in [0.05, 0.1) is 4.90 Å². The Hall–Kier alpha value is -2.78. The van der Waals surface area contributed by atoms with Crippen LogP contribution in [-0.4, -0.2) is 40.7 Å². The summed E-state index contributed by atoms with van der Waals surface area (Å²) in [4.78, 5) is 12.4. The number of nitrogens with one attached hydrogen (secondary N) is 2. The molecule has 0 bridgehead atoms. The zero-order valence-corrected chi connectivity index (χ0v) is 17.2. The van der Waals surface area contributed by atoms with Crippen LogP contribution in [0.4, 0.5) is 5.69 Å². The van der Waals surface area contributed by atoms with Crippen molar-refractivity contribution in [3.05, 3.63) is 42.0 Å². The number of amides is 1. The lowest BCUT2D eigenvalue weighted by molar-refractivity contribution is -0.118. The number of ether oxygens (including phenoxy) is 3. The fraction of sp³-hybridized carbons (Fsp3) is 0.350. The average molecular weight is 420 g/mol. The van der Waals surface area contributed by atoms with Crippen LogP contribution in [0.15, 0.2) is 41.3 Å². The minimum Gasteiger partial charge on any atom is -0.486 e. The summed E-state index contributed by atoms with van der Waals surface area (Å²) in [7, 11) is -3.55. The van der Waals surface area contributed by atoms with Crippen LogP contribution in [0.25, 0.3) is 0 Å². The van der Waals surface area contributed by atoms with E-state index in [1.54, 1.807) is 31.2 Å². The molecule has 0 fully saturated rings. The van der Waals surface area contributed by atoms with E-state index in [4.69, 9.17) is 14.2 Å². The van der Waals surface area contributed by atoms with Crippen molar-refractivity contribution < 1.29 is 27.4 Å². The van der Waals surface area contributed by atoms with Gasteiger partial charge >= 0.3 is 0 Å².